The molecule has 3 aromatic rings. The van der Waals surface area contributed by atoms with Crippen LogP contribution in [0, 0.1) is 6.92 Å². The number of alkyl halides is 3. The summed E-state index contributed by atoms with van der Waals surface area (Å²) < 4.78 is 41.2. The smallest absolute Gasteiger partial charge is 0.376 e. The van der Waals surface area contributed by atoms with Gasteiger partial charge in [0.25, 0.3) is 0 Å². The number of pyridine rings is 1. The number of hydrogen-bond donors (Lipinski definition) is 1. The molecule has 1 atom stereocenters. The van der Waals surface area contributed by atoms with Gasteiger partial charge in [0.1, 0.15) is 5.15 Å². The van der Waals surface area contributed by atoms with E-state index in [1.54, 1.807) is 37.3 Å². The van der Waals surface area contributed by atoms with E-state index in [9.17, 15) is 18.0 Å². The predicted octanol–water partition coefficient (Wildman–Crippen LogP) is 8.66. The second-order valence-corrected chi connectivity index (χ2v) is 8.98. The molecule has 0 spiro atoms. The van der Waals surface area contributed by atoms with Gasteiger partial charge in [0.2, 0.25) is 0 Å². The molecule has 0 radical (unpaired) electrons. The topological polar surface area (TPSA) is 42.0 Å². The number of aryl methyl sites for hydroxylation is 1. The number of aromatic nitrogens is 1. The van der Waals surface area contributed by atoms with Crippen LogP contribution in [-0.4, -0.2) is 23.5 Å². The molecule has 2 aromatic carbocycles. The summed E-state index contributed by atoms with van der Waals surface area (Å²) >= 11 is 23.4. The van der Waals surface area contributed by atoms with E-state index in [1.807, 2.05) is 0 Å². The number of rotatable bonds is 7. The van der Waals surface area contributed by atoms with E-state index < -0.39 is 12.1 Å². The number of halogens is 7. The Morgan fingerprint density at radius 3 is 2.29 bits per heavy atom. The van der Waals surface area contributed by atoms with E-state index in [1.165, 1.54) is 12.3 Å². The minimum atomic E-state index is -4.58. The van der Waals surface area contributed by atoms with Crippen molar-refractivity contribution in [2.45, 2.75) is 19.0 Å². The van der Waals surface area contributed by atoms with Crippen molar-refractivity contribution in [2.24, 2.45) is 0 Å². The summed E-state index contributed by atoms with van der Waals surface area (Å²) in [4.78, 5) is 16.5. The Kier molecular flexibility index (Phi) is 8.52. The predicted molar refractivity (Wildman–Crippen MR) is 133 cm³/mol. The highest BCUT2D eigenvalue weighted by Crippen LogP contribution is 2.41. The number of anilines is 1. The average molecular weight is 548 g/mol. The van der Waals surface area contributed by atoms with Crippen LogP contribution < -0.4 is 5.32 Å². The summed E-state index contributed by atoms with van der Waals surface area (Å²) in [6, 6.07) is 10.4. The summed E-state index contributed by atoms with van der Waals surface area (Å²) in [5.41, 5.74) is 2.09. The van der Waals surface area contributed by atoms with Crippen LogP contribution in [0.2, 0.25) is 20.2 Å². The van der Waals surface area contributed by atoms with Crippen LogP contribution in [0.4, 0.5) is 18.9 Å². The summed E-state index contributed by atoms with van der Waals surface area (Å²) in [5, 5.41) is 3.17. The lowest BCUT2D eigenvalue weighted by molar-refractivity contribution is -0.139. The third-order valence-electron chi connectivity index (χ3n) is 4.93. The van der Waals surface area contributed by atoms with Gasteiger partial charge in [-0.1, -0.05) is 76.8 Å². The maximum atomic E-state index is 13.7. The van der Waals surface area contributed by atoms with Gasteiger partial charge in [-0.25, -0.2) is 4.98 Å². The van der Waals surface area contributed by atoms with Gasteiger partial charge in [-0.05, 0) is 47.9 Å². The summed E-state index contributed by atoms with van der Waals surface area (Å²) in [6.45, 7) is 1.74. The maximum Gasteiger partial charge on any atom is 0.399 e. The number of benzene rings is 2. The Morgan fingerprint density at radius 2 is 1.74 bits per heavy atom. The van der Waals surface area contributed by atoms with Gasteiger partial charge in [0, 0.05) is 5.56 Å². The summed E-state index contributed by atoms with van der Waals surface area (Å²) in [7, 11) is 0. The SMILES string of the molecule is Cc1cc(/C=C/C(c2cc(Cl)c(Cl)c(Cl)c2)C(F)(F)F)ccc1C(=O)CNc1ccc(Cl)nc1. The summed E-state index contributed by atoms with van der Waals surface area (Å²) in [6.07, 6.45) is -0.715. The zero-order chi connectivity index (χ0) is 25.0. The fourth-order valence-corrected chi connectivity index (χ4v) is 3.96. The second kappa shape index (κ2) is 11.0. The number of nitrogens with zero attached hydrogens (tertiary/aromatic N) is 1. The standard InChI is InChI=1S/C24H17Cl4F3N2O/c1-13-8-14(2-5-17(13)21(34)12-32-16-4-7-22(27)33-11-16)3-6-18(24(29,30)31)15-9-19(25)23(28)20(26)10-15/h2-11,18,32H,12H2,1H3/b6-3+. The molecule has 178 valence electrons. The van der Waals surface area contributed by atoms with Crippen molar-refractivity contribution in [2.75, 3.05) is 11.9 Å². The average Bonchev–Trinajstić information content (AvgIpc) is 2.76. The lowest BCUT2D eigenvalue weighted by Crippen LogP contribution is -2.19. The number of allylic oxidation sites excluding steroid dienone is 1. The highest BCUT2D eigenvalue weighted by Gasteiger charge is 2.39. The molecule has 1 unspecified atom stereocenters. The highest BCUT2D eigenvalue weighted by atomic mass is 35.5. The van der Waals surface area contributed by atoms with Crippen molar-refractivity contribution in [3.05, 3.63) is 97.2 Å². The molecule has 34 heavy (non-hydrogen) atoms. The first-order valence-electron chi connectivity index (χ1n) is 9.84. The number of carbonyl (C=O) groups is 1. The molecule has 0 saturated heterocycles. The van der Waals surface area contributed by atoms with Gasteiger partial charge in [0.15, 0.2) is 5.78 Å². The number of Topliss-reactive ketones (excluding diaryl/α,β-unsaturated/α-hetero) is 1. The van der Waals surface area contributed by atoms with Crippen LogP contribution in [0.25, 0.3) is 6.08 Å². The fraction of sp³-hybridized carbons (Fsp3) is 0.167. The molecule has 1 heterocycles. The molecule has 0 bridgehead atoms. The number of ketones is 1. The van der Waals surface area contributed by atoms with Gasteiger partial charge in [-0.15, -0.1) is 0 Å². The Labute approximate surface area is 214 Å². The quantitative estimate of drug-likeness (QED) is 0.183. The van der Waals surface area contributed by atoms with E-state index >= 15 is 0 Å². The zero-order valence-electron chi connectivity index (χ0n) is 17.6. The van der Waals surface area contributed by atoms with Gasteiger partial charge in [-0.2, -0.15) is 13.2 Å². The fourth-order valence-electron chi connectivity index (χ4n) is 3.23. The Hall–Kier alpha value is -2.25. The van der Waals surface area contributed by atoms with Crippen LogP contribution in [0.3, 0.4) is 0 Å². The monoisotopic (exact) mass is 546 g/mol. The molecule has 1 N–H and O–H groups in total. The lowest BCUT2D eigenvalue weighted by atomic mass is 9.96. The van der Waals surface area contributed by atoms with Crippen LogP contribution in [-0.2, 0) is 0 Å². The van der Waals surface area contributed by atoms with Crippen molar-refractivity contribution >= 4 is 64.0 Å². The minimum Gasteiger partial charge on any atom is -0.376 e. The van der Waals surface area contributed by atoms with Crippen LogP contribution in [0.5, 0.6) is 0 Å². The number of carbonyl (C=O) groups excluding carboxylic acids is 1. The molecular weight excluding hydrogens is 531 g/mol. The number of hydrogen-bond acceptors (Lipinski definition) is 3. The normalized spacial score (nSPS) is 12.7. The Bertz CT molecular complexity index is 1200. The van der Waals surface area contributed by atoms with E-state index in [4.69, 9.17) is 46.4 Å². The molecule has 0 amide bonds. The molecule has 0 saturated carbocycles. The van der Waals surface area contributed by atoms with Crippen LogP contribution in [0.15, 0.2) is 54.7 Å². The van der Waals surface area contributed by atoms with Crippen molar-refractivity contribution in [3.8, 4) is 0 Å². The van der Waals surface area contributed by atoms with Gasteiger partial charge < -0.3 is 5.32 Å². The van der Waals surface area contributed by atoms with E-state index in [2.05, 4.69) is 10.3 Å². The molecule has 0 fully saturated rings. The highest BCUT2D eigenvalue weighted by molar-refractivity contribution is 6.48. The van der Waals surface area contributed by atoms with E-state index in [0.29, 0.717) is 27.5 Å². The first kappa shape index (κ1) is 26.4. The van der Waals surface area contributed by atoms with Gasteiger partial charge in [-0.3, -0.25) is 4.79 Å². The van der Waals surface area contributed by atoms with Gasteiger partial charge in [0.05, 0.1) is 39.4 Å². The van der Waals surface area contributed by atoms with Crippen LogP contribution in [0.1, 0.15) is 33.0 Å². The van der Waals surface area contributed by atoms with Crippen LogP contribution >= 0.6 is 46.4 Å². The molecule has 3 nitrogen and oxygen atoms in total. The zero-order valence-corrected chi connectivity index (χ0v) is 20.6. The van der Waals surface area contributed by atoms with Crippen molar-refractivity contribution in [3.63, 3.8) is 0 Å². The Morgan fingerprint density at radius 1 is 1.06 bits per heavy atom. The minimum absolute atomic E-state index is 0.00492. The molecule has 0 aliphatic carbocycles. The molecular formula is C24H17Cl4F3N2O. The van der Waals surface area contributed by atoms with Crippen molar-refractivity contribution < 1.29 is 18.0 Å². The van der Waals surface area contributed by atoms with Crippen molar-refractivity contribution in [1.82, 2.24) is 4.98 Å². The third kappa shape index (κ3) is 6.66. The molecule has 10 heteroatoms. The summed E-state index contributed by atoms with van der Waals surface area (Å²) in [5.74, 6) is -2.12. The van der Waals surface area contributed by atoms with E-state index in [-0.39, 0.29) is 33.0 Å². The molecule has 1 aromatic heterocycles. The lowest BCUT2D eigenvalue weighted by Gasteiger charge is -2.18. The van der Waals surface area contributed by atoms with Crippen molar-refractivity contribution in [1.29, 1.82) is 0 Å². The largest absolute Gasteiger partial charge is 0.399 e. The maximum absolute atomic E-state index is 13.7. The Balaban J connectivity index is 1.77. The first-order valence-corrected chi connectivity index (χ1v) is 11.4. The molecule has 0 aliphatic heterocycles. The first-order chi connectivity index (χ1) is 16.0. The number of nitrogens with one attached hydrogen (secondary N) is 1. The van der Waals surface area contributed by atoms with Gasteiger partial charge >= 0.3 is 6.18 Å². The molecule has 3 rings (SSSR count). The van der Waals surface area contributed by atoms with E-state index in [0.717, 1.165) is 18.2 Å². The second-order valence-electron chi connectivity index (χ2n) is 7.40. The molecule has 0 aliphatic rings. The third-order valence-corrected chi connectivity index (χ3v) is 6.35.